The molecule has 0 aliphatic rings. The normalized spacial score (nSPS) is 8.55. The maximum atomic E-state index is 10.5. The van der Waals surface area contributed by atoms with E-state index < -0.39 is 11.7 Å². The number of hydrogen-bond acceptors (Lipinski definition) is 3. The standard InChI is InChI=1S/C6H10N2O3/c1-4(9)6(11)8-3-5(10)7-2/h3H2,1-2H3,(H,7,10)(H,8,11). The Morgan fingerprint density at radius 3 is 2.18 bits per heavy atom. The van der Waals surface area contributed by atoms with Gasteiger partial charge in [-0.05, 0) is 0 Å². The molecule has 0 fully saturated rings. The largest absolute Gasteiger partial charge is 0.358 e. The van der Waals surface area contributed by atoms with Crippen LogP contribution < -0.4 is 10.6 Å². The van der Waals surface area contributed by atoms with Gasteiger partial charge in [-0.2, -0.15) is 0 Å². The first-order chi connectivity index (χ1) is 5.07. The second kappa shape index (κ2) is 4.43. The van der Waals surface area contributed by atoms with Gasteiger partial charge in [0.2, 0.25) is 11.7 Å². The number of carbonyl (C=O) groups is 3. The van der Waals surface area contributed by atoms with E-state index in [2.05, 4.69) is 10.6 Å². The molecule has 0 radical (unpaired) electrons. The van der Waals surface area contributed by atoms with Gasteiger partial charge in [-0.3, -0.25) is 14.4 Å². The summed E-state index contributed by atoms with van der Waals surface area (Å²) in [6.07, 6.45) is 0. The third kappa shape index (κ3) is 4.07. The Kier molecular flexibility index (Phi) is 3.87. The average molecular weight is 158 g/mol. The molecule has 0 aromatic heterocycles. The topological polar surface area (TPSA) is 75.3 Å². The molecule has 62 valence electrons. The molecule has 0 aliphatic carbocycles. The lowest BCUT2D eigenvalue weighted by Gasteiger charge is -1.99. The maximum absolute atomic E-state index is 10.5. The predicted octanol–water partition coefficient (Wildman–Crippen LogP) is -1.56. The van der Waals surface area contributed by atoms with Crippen LogP contribution in [0.1, 0.15) is 6.92 Å². The summed E-state index contributed by atoms with van der Waals surface area (Å²) >= 11 is 0. The summed E-state index contributed by atoms with van der Waals surface area (Å²) in [4.78, 5) is 31.3. The number of amides is 2. The third-order valence-corrected chi connectivity index (χ3v) is 1.01. The van der Waals surface area contributed by atoms with Crippen molar-refractivity contribution < 1.29 is 14.4 Å². The molecular weight excluding hydrogens is 148 g/mol. The van der Waals surface area contributed by atoms with E-state index in [1.54, 1.807) is 0 Å². The van der Waals surface area contributed by atoms with Crippen LogP contribution in [0.25, 0.3) is 0 Å². The first-order valence-corrected chi connectivity index (χ1v) is 3.07. The summed E-state index contributed by atoms with van der Waals surface area (Å²) in [7, 11) is 1.45. The van der Waals surface area contributed by atoms with Gasteiger partial charge in [0.1, 0.15) is 0 Å². The van der Waals surface area contributed by atoms with E-state index in [0.717, 1.165) is 6.92 Å². The number of hydrogen-bond donors (Lipinski definition) is 2. The molecule has 0 unspecified atom stereocenters. The average Bonchev–Trinajstić information content (AvgIpc) is 1.99. The highest BCUT2D eigenvalue weighted by Gasteiger charge is 2.07. The molecule has 0 aliphatic heterocycles. The zero-order chi connectivity index (χ0) is 8.85. The van der Waals surface area contributed by atoms with E-state index in [9.17, 15) is 14.4 Å². The Morgan fingerprint density at radius 2 is 1.82 bits per heavy atom. The van der Waals surface area contributed by atoms with Gasteiger partial charge in [0.25, 0.3) is 5.91 Å². The Labute approximate surface area is 64.1 Å². The van der Waals surface area contributed by atoms with E-state index in [1.807, 2.05) is 0 Å². The van der Waals surface area contributed by atoms with Crippen molar-refractivity contribution in [1.82, 2.24) is 10.6 Å². The summed E-state index contributed by atoms with van der Waals surface area (Å²) in [5.41, 5.74) is 0. The second-order valence-corrected chi connectivity index (χ2v) is 1.91. The molecule has 0 saturated heterocycles. The fourth-order valence-electron chi connectivity index (χ4n) is 0.373. The smallest absolute Gasteiger partial charge is 0.287 e. The fraction of sp³-hybridized carbons (Fsp3) is 0.500. The lowest BCUT2D eigenvalue weighted by molar-refractivity contribution is -0.137. The molecule has 0 saturated carbocycles. The van der Waals surface area contributed by atoms with Crippen molar-refractivity contribution in [1.29, 1.82) is 0 Å². The zero-order valence-corrected chi connectivity index (χ0v) is 6.43. The molecule has 0 heterocycles. The van der Waals surface area contributed by atoms with Crippen LogP contribution in [0.2, 0.25) is 0 Å². The molecular formula is C6H10N2O3. The van der Waals surface area contributed by atoms with Crippen LogP contribution in [0.15, 0.2) is 0 Å². The molecule has 5 nitrogen and oxygen atoms in total. The van der Waals surface area contributed by atoms with Crippen LogP contribution in [0.4, 0.5) is 0 Å². The minimum Gasteiger partial charge on any atom is -0.358 e. The lowest BCUT2D eigenvalue weighted by atomic mass is 10.4. The molecule has 2 amide bonds. The van der Waals surface area contributed by atoms with Crippen LogP contribution in [-0.4, -0.2) is 31.2 Å². The Morgan fingerprint density at radius 1 is 1.27 bits per heavy atom. The zero-order valence-electron chi connectivity index (χ0n) is 6.43. The predicted molar refractivity (Wildman–Crippen MR) is 37.8 cm³/mol. The Hall–Kier alpha value is -1.39. The first kappa shape index (κ1) is 9.61. The fourth-order valence-corrected chi connectivity index (χ4v) is 0.373. The molecule has 0 bridgehead atoms. The number of Topliss-reactive ketones (excluding diaryl/α,β-unsaturated/α-hetero) is 1. The lowest BCUT2D eigenvalue weighted by Crippen LogP contribution is -2.37. The summed E-state index contributed by atoms with van der Waals surface area (Å²) in [6.45, 7) is 0.980. The van der Waals surface area contributed by atoms with E-state index in [0.29, 0.717) is 0 Å². The summed E-state index contributed by atoms with van der Waals surface area (Å²) < 4.78 is 0. The van der Waals surface area contributed by atoms with Crippen molar-refractivity contribution in [2.24, 2.45) is 0 Å². The molecule has 0 aromatic carbocycles. The number of carbonyl (C=O) groups excluding carboxylic acids is 3. The maximum Gasteiger partial charge on any atom is 0.287 e. The van der Waals surface area contributed by atoms with Gasteiger partial charge in [-0.15, -0.1) is 0 Å². The van der Waals surface area contributed by atoms with Crippen molar-refractivity contribution in [3.8, 4) is 0 Å². The molecule has 11 heavy (non-hydrogen) atoms. The summed E-state index contributed by atoms with van der Waals surface area (Å²) in [5.74, 6) is -1.68. The van der Waals surface area contributed by atoms with Crippen LogP contribution in [0, 0.1) is 0 Å². The van der Waals surface area contributed by atoms with Gasteiger partial charge in [0.15, 0.2) is 0 Å². The molecule has 0 atom stereocenters. The minimum atomic E-state index is -0.742. The van der Waals surface area contributed by atoms with E-state index >= 15 is 0 Å². The van der Waals surface area contributed by atoms with E-state index in [-0.39, 0.29) is 12.5 Å². The molecule has 2 N–H and O–H groups in total. The monoisotopic (exact) mass is 158 g/mol. The van der Waals surface area contributed by atoms with Gasteiger partial charge in [0, 0.05) is 14.0 Å². The quantitative estimate of drug-likeness (QED) is 0.487. The van der Waals surface area contributed by atoms with Gasteiger partial charge < -0.3 is 10.6 Å². The Bertz CT molecular complexity index is 188. The van der Waals surface area contributed by atoms with E-state index in [4.69, 9.17) is 0 Å². The third-order valence-electron chi connectivity index (χ3n) is 1.01. The van der Waals surface area contributed by atoms with Crippen LogP contribution in [0.3, 0.4) is 0 Å². The number of ketones is 1. The highest BCUT2D eigenvalue weighted by atomic mass is 16.2. The molecule has 5 heteroatoms. The highest BCUT2D eigenvalue weighted by molar-refractivity contribution is 6.35. The van der Waals surface area contributed by atoms with Crippen molar-refractivity contribution in [2.45, 2.75) is 6.92 Å². The molecule has 0 rings (SSSR count). The highest BCUT2D eigenvalue weighted by Crippen LogP contribution is 1.68. The first-order valence-electron chi connectivity index (χ1n) is 3.07. The van der Waals surface area contributed by atoms with Crippen molar-refractivity contribution in [3.63, 3.8) is 0 Å². The van der Waals surface area contributed by atoms with Gasteiger partial charge >= 0.3 is 0 Å². The molecule has 0 spiro atoms. The SMILES string of the molecule is CNC(=O)CNC(=O)C(C)=O. The number of rotatable bonds is 3. The van der Waals surface area contributed by atoms with E-state index in [1.165, 1.54) is 7.05 Å². The van der Waals surface area contributed by atoms with Crippen LogP contribution in [-0.2, 0) is 14.4 Å². The van der Waals surface area contributed by atoms with Crippen molar-refractivity contribution >= 4 is 17.6 Å². The molecule has 0 aromatic rings. The Balaban J connectivity index is 3.63. The summed E-state index contributed by atoms with van der Waals surface area (Å²) in [6, 6.07) is 0. The summed E-state index contributed by atoms with van der Waals surface area (Å²) in [5, 5.41) is 4.43. The number of likely N-dealkylation sites (N-methyl/N-ethyl adjacent to an activating group) is 1. The van der Waals surface area contributed by atoms with Gasteiger partial charge in [-0.1, -0.05) is 0 Å². The van der Waals surface area contributed by atoms with Crippen LogP contribution >= 0.6 is 0 Å². The number of nitrogens with one attached hydrogen (secondary N) is 2. The van der Waals surface area contributed by atoms with Crippen molar-refractivity contribution in [3.05, 3.63) is 0 Å². The van der Waals surface area contributed by atoms with Gasteiger partial charge in [0.05, 0.1) is 6.54 Å². The van der Waals surface area contributed by atoms with Crippen molar-refractivity contribution in [2.75, 3.05) is 13.6 Å². The minimum absolute atomic E-state index is 0.158. The van der Waals surface area contributed by atoms with Gasteiger partial charge in [-0.25, -0.2) is 0 Å². The second-order valence-electron chi connectivity index (χ2n) is 1.91. The van der Waals surface area contributed by atoms with Crippen LogP contribution in [0.5, 0.6) is 0 Å².